The van der Waals surface area contributed by atoms with E-state index in [1.54, 1.807) is 0 Å². The second kappa shape index (κ2) is 4.13. The maximum atomic E-state index is 2.41. The summed E-state index contributed by atoms with van der Waals surface area (Å²) in [4.78, 5) is 0. The zero-order valence-corrected chi connectivity index (χ0v) is 8.27. The van der Waals surface area contributed by atoms with Crippen LogP contribution < -0.4 is 0 Å². The number of hydrogen-bond donors (Lipinski definition) is 0. The molecule has 2 atom stereocenters. The van der Waals surface area contributed by atoms with Crippen molar-refractivity contribution in [2.45, 2.75) is 52.9 Å². The summed E-state index contributed by atoms with van der Waals surface area (Å²) >= 11 is 0. The van der Waals surface area contributed by atoms with E-state index in [2.05, 4.69) is 20.8 Å². The molecule has 0 N–H and O–H groups in total. The lowest BCUT2D eigenvalue weighted by Crippen LogP contribution is -2.14. The average Bonchev–Trinajstić information content (AvgIpc) is 1.85. The van der Waals surface area contributed by atoms with E-state index >= 15 is 0 Å². The maximum Gasteiger partial charge on any atom is -0.0409 e. The first-order chi connectivity index (χ1) is 5.18. The predicted octanol–water partition coefficient (Wildman–Crippen LogP) is 3.86. The standard InChI is InChI=1S/C11H22/c1-9(2)7-11-6-4-5-10(3)8-11/h9-11H,4-8H2,1-3H3. The summed E-state index contributed by atoms with van der Waals surface area (Å²) in [6.45, 7) is 7.10. The minimum Gasteiger partial charge on any atom is -0.0628 e. The quantitative estimate of drug-likeness (QED) is 0.566. The van der Waals surface area contributed by atoms with Crippen molar-refractivity contribution >= 4 is 0 Å². The van der Waals surface area contributed by atoms with E-state index in [0.29, 0.717) is 0 Å². The molecule has 0 amide bonds. The van der Waals surface area contributed by atoms with Gasteiger partial charge in [-0.3, -0.25) is 0 Å². The van der Waals surface area contributed by atoms with Gasteiger partial charge in [0, 0.05) is 0 Å². The second-order valence-electron chi connectivity index (χ2n) is 4.77. The van der Waals surface area contributed by atoms with Crippen LogP contribution in [0.5, 0.6) is 0 Å². The molecule has 0 radical (unpaired) electrons. The van der Waals surface area contributed by atoms with Crippen LogP contribution >= 0.6 is 0 Å². The number of hydrogen-bond acceptors (Lipinski definition) is 0. The third-order valence-electron chi connectivity index (χ3n) is 2.85. The molecule has 0 bridgehead atoms. The van der Waals surface area contributed by atoms with E-state index in [0.717, 1.165) is 17.8 Å². The highest BCUT2D eigenvalue weighted by molar-refractivity contribution is 4.71. The predicted molar refractivity (Wildman–Crippen MR) is 50.6 cm³/mol. The van der Waals surface area contributed by atoms with Gasteiger partial charge in [-0.05, 0) is 30.6 Å². The Balaban J connectivity index is 2.23. The molecule has 1 aliphatic rings. The molecule has 1 aliphatic carbocycles. The second-order valence-corrected chi connectivity index (χ2v) is 4.77. The lowest BCUT2D eigenvalue weighted by molar-refractivity contribution is 0.248. The fraction of sp³-hybridized carbons (Fsp3) is 1.00. The summed E-state index contributed by atoms with van der Waals surface area (Å²) in [7, 11) is 0. The molecule has 1 rings (SSSR count). The minimum atomic E-state index is 0.908. The monoisotopic (exact) mass is 154 g/mol. The number of rotatable bonds is 2. The zero-order valence-electron chi connectivity index (χ0n) is 8.27. The Morgan fingerprint density at radius 3 is 2.55 bits per heavy atom. The molecular weight excluding hydrogens is 132 g/mol. The molecule has 11 heavy (non-hydrogen) atoms. The van der Waals surface area contributed by atoms with E-state index in [9.17, 15) is 0 Å². The molecule has 2 unspecified atom stereocenters. The molecule has 0 heterocycles. The first-order valence-electron chi connectivity index (χ1n) is 5.18. The van der Waals surface area contributed by atoms with Crippen LogP contribution in [0.4, 0.5) is 0 Å². The molecular formula is C11H22. The zero-order chi connectivity index (χ0) is 8.27. The largest absolute Gasteiger partial charge is 0.0628 e. The Labute approximate surface area is 71.4 Å². The van der Waals surface area contributed by atoms with Gasteiger partial charge in [0.2, 0.25) is 0 Å². The molecule has 0 nitrogen and oxygen atoms in total. The van der Waals surface area contributed by atoms with Gasteiger partial charge in [0.05, 0.1) is 0 Å². The van der Waals surface area contributed by atoms with Crippen LogP contribution in [-0.2, 0) is 0 Å². The van der Waals surface area contributed by atoms with E-state index < -0.39 is 0 Å². The molecule has 0 aliphatic heterocycles. The van der Waals surface area contributed by atoms with Crippen molar-refractivity contribution in [1.82, 2.24) is 0 Å². The average molecular weight is 154 g/mol. The molecule has 1 saturated carbocycles. The SMILES string of the molecule is CC(C)CC1CCCC(C)C1. The van der Waals surface area contributed by atoms with Crippen LogP contribution in [0.3, 0.4) is 0 Å². The summed E-state index contributed by atoms with van der Waals surface area (Å²) in [5.41, 5.74) is 0. The van der Waals surface area contributed by atoms with Crippen molar-refractivity contribution < 1.29 is 0 Å². The van der Waals surface area contributed by atoms with Gasteiger partial charge in [0.25, 0.3) is 0 Å². The Morgan fingerprint density at radius 2 is 2.00 bits per heavy atom. The van der Waals surface area contributed by atoms with Crippen molar-refractivity contribution in [3.63, 3.8) is 0 Å². The van der Waals surface area contributed by atoms with Crippen molar-refractivity contribution in [3.05, 3.63) is 0 Å². The normalized spacial score (nSPS) is 32.7. The summed E-state index contributed by atoms with van der Waals surface area (Å²) in [5.74, 6) is 2.97. The van der Waals surface area contributed by atoms with Crippen molar-refractivity contribution in [3.8, 4) is 0 Å². The summed E-state index contributed by atoms with van der Waals surface area (Å²) < 4.78 is 0. The van der Waals surface area contributed by atoms with Crippen LogP contribution in [0.15, 0.2) is 0 Å². The van der Waals surface area contributed by atoms with Crippen LogP contribution in [0.2, 0.25) is 0 Å². The van der Waals surface area contributed by atoms with Crippen LogP contribution in [0.25, 0.3) is 0 Å². The molecule has 0 aromatic heterocycles. The molecule has 0 saturated heterocycles. The first kappa shape index (κ1) is 9.09. The van der Waals surface area contributed by atoms with Gasteiger partial charge in [-0.25, -0.2) is 0 Å². The van der Waals surface area contributed by atoms with Gasteiger partial charge in [0.1, 0.15) is 0 Å². The molecule has 0 heteroatoms. The van der Waals surface area contributed by atoms with Gasteiger partial charge >= 0.3 is 0 Å². The Kier molecular flexibility index (Phi) is 3.42. The molecule has 0 spiro atoms. The van der Waals surface area contributed by atoms with Gasteiger partial charge in [-0.2, -0.15) is 0 Å². The topological polar surface area (TPSA) is 0 Å². The highest BCUT2D eigenvalue weighted by atomic mass is 14.2. The Bertz CT molecular complexity index is 103. The van der Waals surface area contributed by atoms with Gasteiger partial charge < -0.3 is 0 Å². The maximum absolute atomic E-state index is 2.41. The van der Waals surface area contributed by atoms with E-state index in [1.165, 1.54) is 32.1 Å². The van der Waals surface area contributed by atoms with Crippen LogP contribution in [-0.4, -0.2) is 0 Å². The van der Waals surface area contributed by atoms with Gasteiger partial charge in [-0.1, -0.05) is 40.0 Å². The third-order valence-corrected chi connectivity index (χ3v) is 2.85. The molecule has 0 aromatic carbocycles. The van der Waals surface area contributed by atoms with Crippen LogP contribution in [0.1, 0.15) is 52.9 Å². The highest BCUT2D eigenvalue weighted by Crippen LogP contribution is 2.32. The van der Waals surface area contributed by atoms with Crippen molar-refractivity contribution in [2.24, 2.45) is 17.8 Å². The van der Waals surface area contributed by atoms with Gasteiger partial charge in [-0.15, -0.1) is 0 Å². The fourth-order valence-electron chi connectivity index (χ4n) is 2.44. The lowest BCUT2D eigenvalue weighted by Gasteiger charge is -2.27. The van der Waals surface area contributed by atoms with Crippen molar-refractivity contribution in [2.75, 3.05) is 0 Å². The molecule has 66 valence electrons. The Hall–Kier alpha value is 0. The van der Waals surface area contributed by atoms with Crippen molar-refractivity contribution in [1.29, 1.82) is 0 Å². The lowest BCUT2D eigenvalue weighted by atomic mass is 9.79. The minimum absolute atomic E-state index is 0.908. The third kappa shape index (κ3) is 3.27. The van der Waals surface area contributed by atoms with E-state index in [4.69, 9.17) is 0 Å². The Morgan fingerprint density at radius 1 is 1.27 bits per heavy atom. The molecule has 0 aromatic rings. The summed E-state index contributed by atoms with van der Waals surface area (Å²) in [5, 5.41) is 0. The molecule has 1 fully saturated rings. The fourth-order valence-corrected chi connectivity index (χ4v) is 2.44. The summed E-state index contributed by atoms with van der Waals surface area (Å²) in [6.07, 6.45) is 7.43. The summed E-state index contributed by atoms with van der Waals surface area (Å²) in [6, 6.07) is 0. The van der Waals surface area contributed by atoms with E-state index in [-0.39, 0.29) is 0 Å². The smallest absolute Gasteiger partial charge is 0.0409 e. The first-order valence-corrected chi connectivity index (χ1v) is 5.18. The van der Waals surface area contributed by atoms with E-state index in [1.807, 2.05) is 0 Å². The highest BCUT2D eigenvalue weighted by Gasteiger charge is 2.19. The van der Waals surface area contributed by atoms with Gasteiger partial charge in [0.15, 0.2) is 0 Å². The van der Waals surface area contributed by atoms with Crippen LogP contribution in [0, 0.1) is 17.8 Å².